The Balaban J connectivity index is 1.39. The third-order valence-electron chi connectivity index (χ3n) is 4.66. The van der Waals surface area contributed by atoms with Crippen LogP contribution in [0.4, 0.5) is 15.2 Å². The molecule has 10 nitrogen and oxygen atoms in total. The minimum atomic E-state index is -0.553. The highest BCUT2D eigenvalue weighted by Crippen LogP contribution is 2.35. The number of morpholine rings is 1. The second kappa shape index (κ2) is 7.72. The number of hydrogen-bond acceptors (Lipinski definition) is 9. The highest BCUT2D eigenvalue weighted by atomic mass is 32.1. The maximum absolute atomic E-state index is 14.5. The predicted molar refractivity (Wildman–Crippen MR) is 108 cm³/mol. The molecular formula is C18H15FN8O2S. The second-order valence-corrected chi connectivity index (χ2v) is 7.50. The number of tetrazole rings is 1. The number of hydrogen-bond donors (Lipinski definition) is 2. The first-order chi connectivity index (χ1) is 14.7. The van der Waals surface area contributed by atoms with Crippen LogP contribution in [0.5, 0.6) is 0 Å². The van der Waals surface area contributed by atoms with E-state index in [4.69, 9.17) is 4.74 Å². The third kappa shape index (κ3) is 3.46. The molecule has 5 rings (SSSR count). The van der Waals surface area contributed by atoms with Gasteiger partial charge in [0.05, 0.1) is 24.1 Å². The summed E-state index contributed by atoms with van der Waals surface area (Å²) in [6.07, 6.45) is 1.38. The number of thiazole rings is 1. The topological polar surface area (TPSA) is 122 Å². The van der Waals surface area contributed by atoms with Crippen molar-refractivity contribution in [1.82, 2.24) is 30.6 Å². The predicted octanol–water partition coefficient (Wildman–Crippen LogP) is 2.10. The van der Waals surface area contributed by atoms with Crippen LogP contribution in [0.15, 0.2) is 30.5 Å². The van der Waals surface area contributed by atoms with Crippen LogP contribution < -0.4 is 10.2 Å². The number of carbonyl (C=O) groups is 1. The van der Waals surface area contributed by atoms with E-state index >= 15 is 0 Å². The lowest BCUT2D eigenvalue weighted by molar-refractivity contribution is 0.102. The summed E-state index contributed by atoms with van der Waals surface area (Å²) in [7, 11) is 0. The SMILES string of the molecule is O=C(Nc1nc2cnc(F)c(N3CCOCC3)c2s1)c1ccc(-c2nn[nH]n2)cc1. The van der Waals surface area contributed by atoms with Crippen molar-refractivity contribution < 1.29 is 13.9 Å². The molecule has 12 heteroatoms. The van der Waals surface area contributed by atoms with Crippen LogP contribution in [0.2, 0.25) is 0 Å². The summed E-state index contributed by atoms with van der Waals surface area (Å²) in [5.41, 5.74) is 2.11. The Bertz CT molecular complexity index is 1190. The molecule has 0 aliphatic carbocycles. The van der Waals surface area contributed by atoms with Crippen molar-refractivity contribution in [2.45, 2.75) is 0 Å². The fourth-order valence-corrected chi connectivity index (χ4v) is 4.19. The number of pyridine rings is 1. The molecule has 4 aromatic rings. The summed E-state index contributed by atoms with van der Waals surface area (Å²) in [6, 6.07) is 6.78. The van der Waals surface area contributed by atoms with Gasteiger partial charge in [-0.2, -0.15) is 9.60 Å². The summed E-state index contributed by atoms with van der Waals surface area (Å²) in [5, 5.41) is 16.9. The molecule has 1 aliphatic rings. The molecule has 4 heterocycles. The van der Waals surface area contributed by atoms with Gasteiger partial charge in [0, 0.05) is 24.2 Å². The van der Waals surface area contributed by atoms with Crippen molar-refractivity contribution in [2.75, 3.05) is 36.5 Å². The van der Waals surface area contributed by atoms with Crippen molar-refractivity contribution in [3.8, 4) is 11.4 Å². The number of fused-ring (bicyclic) bond motifs is 1. The number of nitrogens with zero attached hydrogens (tertiary/aromatic N) is 6. The molecule has 30 heavy (non-hydrogen) atoms. The molecule has 1 amide bonds. The smallest absolute Gasteiger partial charge is 0.257 e. The number of anilines is 2. The molecular weight excluding hydrogens is 411 g/mol. The maximum Gasteiger partial charge on any atom is 0.257 e. The number of carbonyl (C=O) groups excluding carboxylic acids is 1. The minimum Gasteiger partial charge on any atom is -0.378 e. The number of H-pyrrole nitrogens is 1. The van der Waals surface area contributed by atoms with Crippen LogP contribution in [0.3, 0.4) is 0 Å². The highest BCUT2D eigenvalue weighted by molar-refractivity contribution is 7.23. The Hall–Kier alpha value is -3.51. The van der Waals surface area contributed by atoms with Gasteiger partial charge in [-0.15, -0.1) is 10.2 Å². The van der Waals surface area contributed by atoms with E-state index in [0.717, 1.165) is 5.56 Å². The van der Waals surface area contributed by atoms with Crippen molar-refractivity contribution in [3.05, 3.63) is 42.0 Å². The third-order valence-corrected chi connectivity index (χ3v) is 5.66. The number of aromatic nitrogens is 6. The molecule has 0 bridgehead atoms. The quantitative estimate of drug-likeness (QED) is 0.476. The van der Waals surface area contributed by atoms with Crippen LogP contribution in [-0.4, -0.2) is 62.8 Å². The molecule has 0 unspecified atom stereocenters. The number of benzene rings is 1. The fourth-order valence-electron chi connectivity index (χ4n) is 3.20. The number of rotatable bonds is 4. The van der Waals surface area contributed by atoms with Gasteiger partial charge in [-0.3, -0.25) is 10.1 Å². The van der Waals surface area contributed by atoms with E-state index in [1.54, 1.807) is 24.3 Å². The van der Waals surface area contributed by atoms with Crippen molar-refractivity contribution in [2.24, 2.45) is 0 Å². The van der Waals surface area contributed by atoms with Crippen LogP contribution in [-0.2, 0) is 4.74 Å². The lowest BCUT2D eigenvalue weighted by Crippen LogP contribution is -2.36. The monoisotopic (exact) mass is 426 g/mol. The van der Waals surface area contributed by atoms with E-state index in [1.165, 1.54) is 17.5 Å². The average molecular weight is 426 g/mol. The molecule has 0 radical (unpaired) electrons. The molecule has 0 saturated carbocycles. The first-order valence-electron chi connectivity index (χ1n) is 9.12. The molecule has 1 fully saturated rings. The molecule has 1 aliphatic heterocycles. The normalized spacial score (nSPS) is 14.2. The van der Waals surface area contributed by atoms with Gasteiger partial charge in [0.1, 0.15) is 11.2 Å². The zero-order valence-corrected chi connectivity index (χ0v) is 16.3. The first kappa shape index (κ1) is 18.5. The van der Waals surface area contributed by atoms with E-state index < -0.39 is 5.95 Å². The molecule has 0 atom stereocenters. The van der Waals surface area contributed by atoms with E-state index in [9.17, 15) is 9.18 Å². The van der Waals surface area contributed by atoms with Crippen LogP contribution in [0, 0.1) is 5.95 Å². The van der Waals surface area contributed by atoms with E-state index in [1.807, 2.05) is 4.90 Å². The number of halogens is 1. The average Bonchev–Trinajstić information content (AvgIpc) is 3.44. The van der Waals surface area contributed by atoms with Crippen LogP contribution in [0.1, 0.15) is 10.4 Å². The van der Waals surface area contributed by atoms with Gasteiger partial charge in [0.25, 0.3) is 5.91 Å². The molecule has 152 valence electrons. The molecule has 0 spiro atoms. The van der Waals surface area contributed by atoms with Gasteiger partial charge in [-0.05, 0) is 17.3 Å². The second-order valence-electron chi connectivity index (χ2n) is 6.50. The van der Waals surface area contributed by atoms with Crippen LogP contribution in [0.25, 0.3) is 21.6 Å². The van der Waals surface area contributed by atoms with Gasteiger partial charge in [0.2, 0.25) is 11.8 Å². The number of amides is 1. The van der Waals surface area contributed by atoms with Gasteiger partial charge in [-0.1, -0.05) is 23.5 Å². The molecule has 3 aromatic heterocycles. The maximum atomic E-state index is 14.5. The summed E-state index contributed by atoms with van der Waals surface area (Å²) in [6.45, 7) is 2.20. The Morgan fingerprint density at radius 3 is 2.77 bits per heavy atom. The molecule has 1 aromatic carbocycles. The van der Waals surface area contributed by atoms with Crippen molar-refractivity contribution in [1.29, 1.82) is 0 Å². The zero-order valence-electron chi connectivity index (χ0n) is 15.5. The molecule has 2 N–H and O–H groups in total. The number of ether oxygens (including phenoxy) is 1. The fraction of sp³-hybridized carbons (Fsp3) is 0.222. The summed E-state index contributed by atoms with van der Waals surface area (Å²) in [5.74, 6) is -0.434. The van der Waals surface area contributed by atoms with Gasteiger partial charge < -0.3 is 9.64 Å². The minimum absolute atomic E-state index is 0.324. The summed E-state index contributed by atoms with van der Waals surface area (Å²) >= 11 is 1.22. The van der Waals surface area contributed by atoms with E-state index in [0.29, 0.717) is 58.7 Å². The summed E-state index contributed by atoms with van der Waals surface area (Å²) < 4.78 is 20.5. The summed E-state index contributed by atoms with van der Waals surface area (Å²) in [4.78, 5) is 22.8. The Kier molecular flexibility index (Phi) is 4.77. The lowest BCUT2D eigenvalue weighted by Gasteiger charge is -2.28. The zero-order chi connectivity index (χ0) is 20.5. The lowest BCUT2D eigenvalue weighted by atomic mass is 10.1. The molecule has 1 saturated heterocycles. The van der Waals surface area contributed by atoms with Crippen molar-refractivity contribution in [3.63, 3.8) is 0 Å². The van der Waals surface area contributed by atoms with Gasteiger partial charge >= 0.3 is 0 Å². The standard InChI is InChI=1S/C18H15FN8O2S/c19-15-13(27-5-7-29-8-6-27)14-12(9-20-15)21-18(30-14)22-17(28)11-3-1-10(2-4-11)16-23-25-26-24-16/h1-4,9H,5-8H2,(H,21,22,28)(H,23,24,25,26). The number of nitrogens with one attached hydrogen (secondary N) is 2. The van der Waals surface area contributed by atoms with Gasteiger partial charge in [0.15, 0.2) is 5.13 Å². The van der Waals surface area contributed by atoms with Crippen molar-refractivity contribution >= 4 is 38.3 Å². The largest absolute Gasteiger partial charge is 0.378 e. The van der Waals surface area contributed by atoms with E-state index in [2.05, 4.69) is 35.9 Å². The Labute approximate surface area is 173 Å². The Morgan fingerprint density at radius 1 is 1.23 bits per heavy atom. The number of aromatic amines is 1. The Morgan fingerprint density at radius 2 is 2.03 bits per heavy atom. The van der Waals surface area contributed by atoms with Crippen LogP contribution >= 0.6 is 11.3 Å². The van der Waals surface area contributed by atoms with Gasteiger partial charge in [-0.25, -0.2) is 9.97 Å². The highest BCUT2D eigenvalue weighted by Gasteiger charge is 2.22. The first-order valence-corrected chi connectivity index (χ1v) is 9.93. The van der Waals surface area contributed by atoms with E-state index in [-0.39, 0.29) is 5.91 Å².